The van der Waals surface area contributed by atoms with Crippen molar-refractivity contribution in [2.45, 2.75) is 51.7 Å². The molecule has 1 fully saturated rings. The zero-order chi connectivity index (χ0) is 14.9. The predicted octanol–water partition coefficient (Wildman–Crippen LogP) is 3.88. The number of hydrogen-bond acceptors (Lipinski definition) is 2. The standard InChI is InChI=1S/C18H26N2O/c1-18(2,3)19-12-15-7-4-6-14-9-10-20(17(14)15)16-8-5-11-21-13-16/h4,6-7,9-10,16,19H,5,8,11-13H2,1-3H3. The summed E-state index contributed by atoms with van der Waals surface area (Å²) < 4.78 is 8.10. The number of para-hydroxylation sites is 1. The van der Waals surface area contributed by atoms with Gasteiger partial charge in [-0.25, -0.2) is 0 Å². The van der Waals surface area contributed by atoms with Crippen LogP contribution >= 0.6 is 0 Å². The van der Waals surface area contributed by atoms with Gasteiger partial charge in [0.05, 0.1) is 18.2 Å². The zero-order valence-corrected chi connectivity index (χ0v) is 13.4. The van der Waals surface area contributed by atoms with Gasteiger partial charge in [-0.1, -0.05) is 18.2 Å². The van der Waals surface area contributed by atoms with Gasteiger partial charge in [0, 0.05) is 24.9 Å². The maximum Gasteiger partial charge on any atom is 0.0673 e. The van der Waals surface area contributed by atoms with E-state index >= 15 is 0 Å². The molecule has 0 amide bonds. The fourth-order valence-electron chi connectivity index (χ4n) is 3.05. The number of ether oxygens (including phenoxy) is 1. The van der Waals surface area contributed by atoms with Crippen molar-refractivity contribution < 1.29 is 4.74 Å². The molecule has 3 nitrogen and oxygen atoms in total. The third-order valence-corrected chi connectivity index (χ3v) is 4.16. The molecule has 2 aromatic rings. The lowest BCUT2D eigenvalue weighted by atomic mass is 10.1. The molecule has 0 bridgehead atoms. The number of benzene rings is 1. The van der Waals surface area contributed by atoms with E-state index in [0.717, 1.165) is 26.2 Å². The molecule has 1 aliphatic heterocycles. The molecule has 1 aromatic heterocycles. The van der Waals surface area contributed by atoms with E-state index < -0.39 is 0 Å². The van der Waals surface area contributed by atoms with E-state index in [1.165, 1.54) is 22.9 Å². The first kappa shape index (κ1) is 14.6. The molecule has 3 heteroatoms. The van der Waals surface area contributed by atoms with E-state index in [9.17, 15) is 0 Å². The van der Waals surface area contributed by atoms with Crippen LogP contribution in [0.5, 0.6) is 0 Å². The molecule has 0 aliphatic carbocycles. The summed E-state index contributed by atoms with van der Waals surface area (Å²) in [6, 6.07) is 9.30. The number of nitrogens with zero attached hydrogens (tertiary/aromatic N) is 1. The molecule has 1 N–H and O–H groups in total. The molecular formula is C18H26N2O. The van der Waals surface area contributed by atoms with Crippen molar-refractivity contribution in [1.82, 2.24) is 9.88 Å². The van der Waals surface area contributed by atoms with Crippen LogP contribution in [0.1, 0.15) is 45.2 Å². The van der Waals surface area contributed by atoms with Crippen molar-refractivity contribution in [3.63, 3.8) is 0 Å². The normalized spacial score (nSPS) is 20.0. The van der Waals surface area contributed by atoms with E-state index in [-0.39, 0.29) is 5.54 Å². The molecule has 3 rings (SSSR count). The van der Waals surface area contributed by atoms with Gasteiger partial charge >= 0.3 is 0 Å². The van der Waals surface area contributed by atoms with Crippen LogP contribution in [0.15, 0.2) is 30.5 Å². The lowest BCUT2D eigenvalue weighted by Gasteiger charge is -2.26. The third kappa shape index (κ3) is 3.30. The maximum atomic E-state index is 5.67. The van der Waals surface area contributed by atoms with E-state index in [1.54, 1.807) is 0 Å². The summed E-state index contributed by atoms with van der Waals surface area (Å²) >= 11 is 0. The summed E-state index contributed by atoms with van der Waals surface area (Å²) in [6.07, 6.45) is 4.60. The Morgan fingerprint density at radius 2 is 2.14 bits per heavy atom. The molecule has 1 atom stereocenters. The molecule has 1 unspecified atom stereocenters. The van der Waals surface area contributed by atoms with Crippen molar-refractivity contribution in [2.75, 3.05) is 13.2 Å². The summed E-state index contributed by atoms with van der Waals surface area (Å²) in [5, 5.41) is 4.93. The van der Waals surface area contributed by atoms with Gasteiger partial charge in [-0.05, 0) is 50.6 Å². The van der Waals surface area contributed by atoms with Crippen molar-refractivity contribution in [2.24, 2.45) is 0 Å². The van der Waals surface area contributed by atoms with Crippen LogP contribution in [0.2, 0.25) is 0 Å². The van der Waals surface area contributed by atoms with Crippen LogP contribution in [0, 0.1) is 0 Å². The van der Waals surface area contributed by atoms with Crippen molar-refractivity contribution in [3.8, 4) is 0 Å². The molecule has 2 heterocycles. The van der Waals surface area contributed by atoms with Crippen LogP contribution < -0.4 is 5.32 Å². The van der Waals surface area contributed by atoms with Crippen LogP contribution in [0.4, 0.5) is 0 Å². The minimum Gasteiger partial charge on any atom is -0.379 e. The molecule has 1 aromatic carbocycles. The average molecular weight is 286 g/mol. The van der Waals surface area contributed by atoms with Gasteiger partial charge in [0.15, 0.2) is 0 Å². The quantitative estimate of drug-likeness (QED) is 0.926. The summed E-state index contributed by atoms with van der Waals surface area (Å²) in [7, 11) is 0. The Kier molecular flexibility index (Phi) is 4.05. The van der Waals surface area contributed by atoms with E-state index in [4.69, 9.17) is 4.74 Å². The van der Waals surface area contributed by atoms with Crippen LogP contribution in [0.25, 0.3) is 10.9 Å². The highest BCUT2D eigenvalue weighted by Gasteiger charge is 2.19. The number of hydrogen-bond donors (Lipinski definition) is 1. The first-order valence-electron chi connectivity index (χ1n) is 7.96. The fraction of sp³-hybridized carbons (Fsp3) is 0.556. The summed E-state index contributed by atoms with van der Waals surface area (Å²) in [5.74, 6) is 0. The van der Waals surface area contributed by atoms with Crippen LogP contribution in [0.3, 0.4) is 0 Å². The summed E-state index contributed by atoms with van der Waals surface area (Å²) in [4.78, 5) is 0. The summed E-state index contributed by atoms with van der Waals surface area (Å²) in [6.45, 7) is 9.28. The molecule has 0 spiro atoms. The number of nitrogens with one attached hydrogen (secondary N) is 1. The molecule has 1 aliphatic rings. The Labute approximate surface area is 127 Å². The van der Waals surface area contributed by atoms with Gasteiger partial charge in [-0.2, -0.15) is 0 Å². The van der Waals surface area contributed by atoms with Crippen molar-refractivity contribution in [1.29, 1.82) is 0 Å². The van der Waals surface area contributed by atoms with Gasteiger partial charge in [-0.15, -0.1) is 0 Å². The minimum atomic E-state index is 0.132. The molecule has 0 saturated carbocycles. The van der Waals surface area contributed by atoms with Crippen LogP contribution in [-0.2, 0) is 11.3 Å². The molecule has 1 saturated heterocycles. The SMILES string of the molecule is CC(C)(C)NCc1cccc2ccn(C3CCCOC3)c12. The van der Waals surface area contributed by atoms with E-state index in [2.05, 4.69) is 61.1 Å². The molecule has 114 valence electrons. The Balaban J connectivity index is 1.94. The molecule has 21 heavy (non-hydrogen) atoms. The Morgan fingerprint density at radius 1 is 1.29 bits per heavy atom. The maximum absolute atomic E-state index is 5.67. The van der Waals surface area contributed by atoms with Gasteiger partial charge in [-0.3, -0.25) is 0 Å². The Bertz CT molecular complexity index is 603. The summed E-state index contributed by atoms with van der Waals surface area (Å²) in [5.41, 5.74) is 2.87. The molecular weight excluding hydrogens is 260 g/mol. The smallest absolute Gasteiger partial charge is 0.0673 e. The van der Waals surface area contributed by atoms with Crippen molar-refractivity contribution in [3.05, 3.63) is 36.0 Å². The minimum absolute atomic E-state index is 0.132. The highest BCUT2D eigenvalue weighted by molar-refractivity contribution is 5.83. The second kappa shape index (κ2) is 5.82. The second-order valence-electron chi connectivity index (χ2n) is 7.05. The fourth-order valence-corrected chi connectivity index (χ4v) is 3.05. The van der Waals surface area contributed by atoms with Gasteiger partial charge < -0.3 is 14.6 Å². The lowest BCUT2D eigenvalue weighted by molar-refractivity contribution is 0.0606. The number of aromatic nitrogens is 1. The Hall–Kier alpha value is -1.32. The molecule has 0 radical (unpaired) electrons. The number of rotatable bonds is 3. The highest BCUT2D eigenvalue weighted by atomic mass is 16.5. The van der Waals surface area contributed by atoms with Gasteiger partial charge in [0.2, 0.25) is 0 Å². The lowest BCUT2D eigenvalue weighted by Crippen LogP contribution is -2.35. The van der Waals surface area contributed by atoms with Crippen LogP contribution in [-0.4, -0.2) is 23.3 Å². The van der Waals surface area contributed by atoms with Crippen molar-refractivity contribution >= 4 is 10.9 Å². The predicted molar refractivity (Wildman–Crippen MR) is 87.6 cm³/mol. The second-order valence-corrected chi connectivity index (χ2v) is 7.05. The Morgan fingerprint density at radius 3 is 2.86 bits per heavy atom. The van der Waals surface area contributed by atoms with Gasteiger partial charge in [0.25, 0.3) is 0 Å². The zero-order valence-electron chi connectivity index (χ0n) is 13.4. The van der Waals surface area contributed by atoms with E-state index in [1.807, 2.05) is 0 Å². The topological polar surface area (TPSA) is 26.2 Å². The largest absolute Gasteiger partial charge is 0.379 e. The highest BCUT2D eigenvalue weighted by Crippen LogP contribution is 2.28. The first-order chi connectivity index (χ1) is 10.0. The van der Waals surface area contributed by atoms with Gasteiger partial charge in [0.1, 0.15) is 0 Å². The monoisotopic (exact) mass is 286 g/mol. The van der Waals surface area contributed by atoms with E-state index in [0.29, 0.717) is 6.04 Å². The average Bonchev–Trinajstić information content (AvgIpc) is 2.90. The number of fused-ring (bicyclic) bond motifs is 1. The first-order valence-corrected chi connectivity index (χ1v) is 7.96. The third-order valence-electron chi connectivity index (χ3n) is 4.16.